The van der Waals surface area contributed by atoms with Crippen molar-refractivity contribution in [1.82, 2.24) is 5.43 Å². The number of hydrogen-bond donors (Lipinski definition) is 2. The Morgan fingerprint density at radius 3 is 2.96 bits per heavy atom. The second kappa shape index (κ2) is 7.18. The monoisotopic (exact) mass is 360 g/mol. The first-order valence-electron chi connectivity index (χ1n) is 7.15. The molecule has 1 aliphatic rings. The van der Waals surface area contributed by atoms with Gasteiger partial charge in [-0.3, -0.25) is 19.7 Å². The van der Waals surface area contributed by atoms with Crippen molar-refractivity contribution in [3.8, 4) is 0 Å². The lowest BCUT2D eigenvalue weighted by Crippen LogP contribution is -2.33. The maximum absolute atomic E-state index is 12.0. The van der Waals surface area contributed by atoms with Gasteiger partial charge in [-0.05, 0) is 18.2 Å². The minimum Gasteiger partial charge on any atom is -0.400 e. The number of anilines is 1. The predicted molar refractivity (Wildman–Crippen MR) is 90.4 cm³/mol. The summed E-state index contributed by atoms with van der Waals surface area (Å²) in [6, 6.07) is 9.88. The van der Waals surface area contributed by atoms with Gasteiger partial charge in [0.25, 0.3) is 0 Å². The van der Waals surface area contributed by atoms with Crippen LogP contribution < -0.4 is 10.7 Å². The molecule has 128 valence electrons. The summed E-state index contributed by atoms with van der Waals surface area (Å²) in [4.78, 5) is 34.7. The summed E-state index contributed by atoms with van der Waals surface area (Å²) in [5.74, 6) is -0.985. The van der Waals surface area contributed by atoms with Crippen LogP contribution in [0.5, 0.6) is 0 Å². The van der Waals surface area contributed by atoms with Crippen molar-refractivity contribution in [2.75, 3.05) is 5.32 Å². The van der Waals surface area contributed by atoms with E-state index >= 15 is 0 Å². The lowest BCUT2D eigenvalue weighted by atomic mass is 10.2. The molecule has 2 N–H and O–H groups in total. The molecule has 0 saturated carbocycles. The number of nitrogens with one attached hydrogen (secondary N) is 2. The predicted octanol–water partition coefficient (Wildman–Crippen LogP) is 2.14. The molecule has 3 rings (SSSR count). The highest BCUT2D eigenvalue weighted by molar-refractivity contribution is 8.01. The number of rotatable bonds is 5. The normalized spacial score (nSPS) is 16.3. The quantitative estimate of drug-likeness (QED) is 0.478. The Balaban J connectivity index is 1.55. The van der Waals surface area contributed by atoms with Crippen LogP contribution in [0.25, 0.3) is 0 Å². The molecular formula is C15H12N4O5S. The van der Waals surface area contributed by atoms with Gasteiger partial charge in [0, 0.05) is 11.3 Å². The molecule has 0 fully saturated rings. The van der Waals surface area contributed by atoms with Crippen molar-refractivity contribution in [3.05, 3.63) is 52.3 Å². The molecule has 0 radical (unpaired) electrons. The molecule has 10 heteroatoms. The van der Waals surface area contributed by atoms with E-state index in [4.69, 9.17) is 4.42 Å². The van der Waals surface area contributed by atoms with E-state index in [0.29, 0.717) is 0 Å². The maximum Gasteiger partial charge on any atom is 0.433 e. The highest BCUT2D eigenvalue weighted by atomic mass is 32.2. The van der Waals surface area contributed by atoms with Crippen LogP contribution in [0, 0.1) is 10.1 Å². The van der Waals surface area contributed by atoms with Gasteiger partial charge in [-0.1, -0.05) is 12.1 Å². The molecule has 2 aromatic rings. The Bertz CT molecular complexity index is 863. The van der Waals surface area contributed by atoms with Gasteiger partial charge in [-0.25, -0.2) is 5.43 Å². The molecule has 25 heavy (non-hydrogen) atoms. The molecule has 1 aromatic heterocycles. The van der Waals surface area contributed by atoms with Crippen LogP contribution in [-0.2, 0) is 9.59 Å². The van der Waals surface area contributed by atoms with Gasteiger partial charge in [-0.2, -0.15) is 5.10 Å². The number of hydrazone groups is 1. The Morgan fingerprint density at radius 1 is 1.40 bits per heavy atom. The zero-order valence-electron chi connectivity index (χ0n) is 12.7. The number of para-hydroxylation sites is 1. The first-order chi connectivity index (χ1) is 12.0. The fourth-order valence-corrected chi connectivity index (χ4v) is 3.23. The standard InChI is InChI=1S/C15H12N4O5S/c20-13(18-16-8-9-5-6-14(24-9)19(22)23)7-12-15(21)17-10-3-1-2-4-11(10)25-12/h1-6,8,12H,7H2,(H,17,21)(H,18,20). The number of thioether (sulfide) groups is 1. The Hall–Kier alpha value is -3.14. The van der Waals surface area contributed by atoms with Crippen LogP contribution in [0.4, 0.5) is 11.6 Å². The van der Waals surface area contributed by atoms with Crippen LogP contribution in [0.2, 0.25) is 0 Å². The topological polar surface area (TPSA) is 127 Å². The van der Waals surface area contributed by atoms with E-state index in [1.165, 1.54) is 23.9 Å². The summed E-state index contributed by atoms with van der Waals surface area (Å²) >= 11 is 1.31. The summed E-state index contributed by atoms with van der Waals surface area (Å²) in [6.45, 7) is 0. The summed E-state index contributed by atoms with van der Waals surface area (Å²) in [7, 11) is 0. The molecule has 1 aliphatic heterocycles. The van der Waals surface area contributed by atoms with Gasteiger partial charge in [0.1, 0.15) is 4.92 Å². The largest absolute Gasteiger partial charge is 0.433 e. The van der Waals surface area contributed by atoms with E-state index in [1.54, 1.807) is 6.07 Å². The number of amides is 2. The van der Waals surface area contributed by atoms with E-state index in [-0.39, 0.29) is 18.1 Å². The van der Waals surface area contributed by atoms with E-state index in [9.17, 15) is 19.7 Å². The number of nitro groups is 1. The Kier molecular flexibility index (Phi) is 4.80. The van der Waals surface area contributed by atoms with E-state index in [0.717, 1.165) is 16.8 Å². The van der Waals surface area contributed by atoms with Crippen molar-refractivity contribution in [2.45, 2.75) is 16.6 Å². The first kappa shape index (κ1) is 16.7. The van der Waals surface area contributed by atoms with Crippen molar-refractivity contribution < 1.29 is 18.9 Å². The fraction of sp³-hybridized carbons (Fsp3) is 0.133. The third-order valence-corrected chi connectivity index (χ3v) is 4.53. The van der Waals surface area contributed by atoms with Crippen molar-refractivity contribution >= 4 is 41.4 Å². The molecule has 2 amide bonds. The second-order valence-electron chi connectivity index (χ2n) is 5.02. The molecule has 1 unspecified atom stereocenters. The summed E-state index contributed by atoms with van der Waals surface area (Å²) in [5, 5.41) is 16.4. The summed E-state index contributed by atoms with van der Waals surface area (Å²) in [5.41, 5.74) is 3.00. The lowest BCUT2D eigenvalue weighted by Gasteiger charge is -2.23. The Labute approximate surface area is 145 Å². The summed E-state index contributed by atoms with van der Waals surface area (Å²) in [6.07, 6.45) is 1.09. The molecule has 9 nitrogen and oxygen atoms in total. The van der Waals surface area contributed by atoms with Crippen LogP contribution in [0.1, 0.15) is 12.2 Å². The third kappa shape index (κ3) is 4.04. The van der Waals surface area contributed by atoms with Crippen LogP contribution in [0.3, 0.4) is 0 Å². The van der Waals surface area contributed by atoms with Gasteiger partial charge in [0.15, 0.2) is 5.76 Å². The number of furan rings is 1. The molecule has 0 bridgehead atoms. The molecule has 0 spiro atoms. The molecular weight excluding hydrogens is 348 g/mol. The average Bonchev–Trinajstić information content (AvgIpc) is 3.05. The summed E-state index contributed by atoms with van der Waals surface area (Å²) < 4.78 is 4.87. The number of carbonyl (C=O) groups is 2. The molecule has 1 atom stereocenters. The molecule has 1 aromatic carbocycles. The van der Waals surface area contributed by atoms with Crippen molar-refractivity contribution in [3.63, 3.8) is 0 Å². The van der Waals surface area contributed by atoms with E-state index in [2.05, 4.69) is 15.8 Å². The van der Waals surface area contributed by atoms with Gasteiger partial charge < -0.3 is 9.73 Å². The van der Waals surface area contributed by atoms with Gasteiger partial charge in [0.05, 0.1) is 23.2 Å². The van der Waals surface area contributed by atoms with Gasteiger partial charge in [0.2, 0.25) is 11.8 Å². The highest BCUT2D eigenvalue weighted by Gasteiger charge is 2.28. The van der Waals surface area contributed by atoms with Gasteiger partial charge in [-0.15, -0.1) is 11.8 Å². The van der Waals surface area contributed by atoms with Crippen molar-refractivity contribution in [1.29, 1.82) is 0 Å². The zero-order valence-corrected chi connectivity index (χ0v) is 13.5. The van der Waals surface area contributed by atoms with Crippen LogP contribution in [0.15, 0.2) is 50.8 Å². The number of hydrogen-bond acceptors (Lipinski definition) is 7. The minimum atomic E-state index is -0.674. The molecule has 2 heterocycles. The number of benzene rings is 1. The Morgan fingerprint density at radius 2 is 2.20 bits per heavy atom. The average molecular weight is 360 g/mol. The van der Waals surface area contributed by atoms with Crippen LogP contribution in [-0.4, -0.2) is 28.2 Å². The smallest absolute Gasteiger partial charge is 0.400 e. The molecule has 0 saturated heterocycles. The first-order valence-corrected chi connectivity index (χ1v) is 8.03. The SMILES string of the molecule is O=C(CC1Sc2ccccc2NC1=O)NN=Cc1ccc([N+](=O)[O-])o1. The van der Waals surface area contributed by atoms with E-state index < -0.39 is 22.0 Å². The zero-order chi connectivity index (χ0) is 17.8. The minimum absolute atomic E-state index is 0.0551. The molecule has 0 aliphatic carbocycles. The fourth-order valence-electron chi connectivity index (χ4n) is 2.12. The van der Waals surface area contributed by atoms with Gasteiger partial charge >= 0.3 is 5.88 Å². The number of fused-ring (bicyclic) bond motifs is 1. The highest BCUT2D eigenvalue weighted by Crippen LogP contribution is 2.36. The van der Waals surface area contributed by atoms with E-state index in [1.807, 2.05) is 18.2 Å². The third-order valence-electron chi connectivity index (χ3n) is 3.25. The second-order valence-corrected chi connectivity index (χ2v) is 6.27. The maximum atomic E-state index is 12.0. The lowest BCUT2D eigenvalue weighted by molar-refractivity contribution is -0.402. The number of carbonyl (C=O) groups excluding carboxylic acids is 2. The number of nitrogens with zero attached hydrogens (tertiary/aromatic N) is 2. The van der Waals surface area contributed by atoms with Crippen LogP contribution >= 0.6 is 11.8 Å². The van der Waals surface area contributed by atoms with Crippen molar-refractivity contribution in [2.24, 2.45) is 5.10 Å².